The van der Waals surface area contributed by atoms with Crippen LogP contribution in [-0.4, -0.2) is 39.7 Å². The molecule has 0 saturated carbocycles. The summed E-state index contributed by atoms with van der Waals surface area (Å²) in [7, 11) is 0. The Kier molecular flexibility index (Phi) is 6.44. The van der Waals surface area contributed by atoms with Gasteiger partial charge in [-0.1, -0.05) is 6.92 Å². The molecule has 2 heterocycles. The van der Waals surface area contributed by atoms with Crippen LogP contribution in [-0.2, 0) is 11.3 Å². The molecule has 2 unspecified atom stereocenters. The molecule has 2 atom stereocenters. The first-order valence-corrected chi connectivity index (χ1v) is 9.14. The lowest BCUT2D eigenvalue weighted by atomic mass is 9.93. The van der Waals surface area contributed by atoms with Crippen molar-refractivity contribution in [2.75, 3.05) is 13.1 Å². The molecule has 2 rings (SSSR count). The van der Waals surface area contributed by atoms with Crippen molar-refractivity contribution in [2.24, 2.45) is 5.92 Å². The van der Waals surface area contributed by atoms with Crippen molar-refractivity contribution in [1.29, 1.82) is 5.26 Å². The minimum atomic E-state index is -0.432. The van der Waals surface area contributed by atoms with E-state index in [0.29, 0.717) is 13.1 Å². The van der Waals surface area contributed by atoms with E-state index >= 15 is 0 Å². The Hall–Kier alpha value is -2.06. The van der Waals surface area contributed by atoms with Crippen molar-refractivity contribution < 1.29 is 9.90 Å². The molecular weight excluding hydrogens is 314 g/mol. The highest BCUT2D eigenvalue weighted by atomic mass is 16.3. The van der Waals surface area contributed by atoms with Crippen LogP contribution in [0.15, 0.2) is 11.6 Å². The number of hydrogen-bond acceptors (Lipinski definition) is 3. The summed E-state index contributed by atoms with van der Waals surface area (Å²) in [6, 6.07) is 4.11. The standard InChI is InChI=1S/C20H29N3O2/c1-5-8-23-14(2)10-18(15(23)3)11-19(12-21)20(25)22-9-6-7-17(13-22)16(4)24/h10-11,16-17,24H,5-9,13H2,1-4H3/b19-11-. The molecule has 1 aliphatic rings. The number of aromatic nitrogens is 1. The first-order valence-electron chi connectivity index (χ1n) is 9.14. The molecule has 0 spiro atoms. The van der Waals surface area contributed by atoms with Gasteiger partial charge in [-0.2, -0.15) is 5.26 Å². The van der Waals surface area contributed by atoms with Gasteiger partial charge in [0.25, 0.3) is 5.91 Å². The number of likely N-dealkylation sites (tertiary alicyclic amines) is 1. The molecular formula is C20H29N3O2. The molecule has 0 bridgehead atoms. The Bertz CT molecular complexity index is 695. The number of aliphatic hydroxyl groups is 1. The van der Waals surface area contributed by atoms with Crippen LogP contribution in [0.3, 0.4) is 0 Å². The van der Waals surface area contributed by atoms with Crippen molar-refractivity contribution in [3.05, 3.63) is 28.6 Å². The fourth-order valence-corrected chi connectivity index (χ4v) is 3.60. The molecule has 0 aromatic carbocycles. The second-order valence-corrected chi connectivity index (χ2v) is 7.04. The maximum absolute atomic E-state index is 12.8. The molecule has 5 nitrogen and oxygen atoms in total. The Morgan fingerprint density at radius 2 is 2.24 bits per heavy atom. The van der Waals surface area contributed by atoms with E-state index in [2.05, 4.69) is 17.6 Å². The number of hydrogen-bond donors (Lipinski definition) is 1. The summed E-state index contributed by atoms with van der Waals surface area (Å²) >= 11 is 0. The predicted octanol–water partition coefficient (Wildman–Crippen LogP) is 3.04. The predicted molar refractivity (Wildman–Crippen MR) is 98.8 cm³/mol. The lowest BCUT2D eigenvalue weighted by molar-refractivity contribution is -0.129. The molecule has 136 valence electrons. The number of rotatable bonds is 5. The van der Waals surface area contributed by atoms with E-state index in [9.17, 15) is 15.2 Å². The first-order chi connectivity index (χ1) is 11.9. The van der Waals surface area contributed by atoms with Crippen molar-refractivity contribution >= 4 is 12.0 Å². The first kappa shape index (κ1) is 19.3. The normalized spacial score (nSPS) is 19.6. The Labute approximate surface area is 150 Å². The number of carbonyl (C=O) groups is 1. The molecule has 1 amide bonds. The van der Waals surface area contributed by atoms with Crippen LogP contribution in [0.1, 0.15) is 50.1 Å². The molecule has 1 N–H and O–H groups in total. The fraction of sp³-hybridized carbons (Fsp3) is 0.600. The molecule has 1 fully saturated rings. The second kappa shape index (κ2) is 8.35. The van der Waals surface area contributed by atoms with Crippen molar-refractivity contribution in [1.82, 2.24) is 9.47 Å². The minimum absolute atomic E-state index is 0.0901. The van der Waals surface area contributed by atoms with Crippen LogP contribution in [0.5, 0.6) is 0 Å². The van der Waals surface area contributed by atoms with Crippen LogP contribution in [0.25, 0.3) is 6.08 Å². The number of carbonyl (C=O) groups excluding carboxylic acids is 1. The molecule has 25 heavy (non-hydrogen) atoms. The number of nitriles is 1. The number of nitrogens with zero attached hydrogens (tertiary/aromatic N) is 3. The minimum Gasteiger partial charge on any atom is -0.393 e. The number of aliphatic hydroxyl groups excluding tert-OH is 1. The van der Waals surface area contributed by atoms with Gasteiger partial charge in [0.05, 0.1) is 6.10 Å². The van der Waals surface area contributed by atoms with Gasteiger partial charge in [0.15, 0.2) is 0 Å². The summed E-state index contributed by atoms with van der Waals surface area (Å²) in [5, 5.41) is 19.3. The third-order valence-electron chi connectivity index (χ3n) is 5.14. The van der Waals surface area contributed by atoms with Gasteiger partial charge in [0.1, 0.15) is 11.6 Å². The summed E-state index contributed by atoms with van der Waals surface area (Å²) in [6.45, 7) is 10.1. The molecule has 1 aliphatic heterocycles. The average Bonchev–Trinajstić information content (AvgIpc) is 2.87. The van der Waals surface area contributed by atoms with Crippen LogP contribution in [0.4, 0.5) is 0 Å². The van der Waals surface area contributed by atoms with Crippen LogP contribution >= 0.6 is 0 Å². The molecule has 0 aliphatic carbocycles. The third kappa shape index (κ3) is 4.32. The van der Waals surface area contributed by atoms with Gasteiger partial charge in [0, 0.05) is 36.9 Å². The van der Waals surface area contributed by atoms with E-state index in [0.717, 1.165) is 42.8 Å². The summed E-state index contributed by atoms with van der Waals surface area (Å²) in [6.07, 6.45) is 4.11. The average molecular weight is 343 g/mol. The number of amides is 1. The van der Waals surface area contributed by atoms with Gasteiger partial charge in [-0.25, -0.2) is 0 Å². The van der Waals surface area contributed by atoms with Gasteiger partial charge in [-0.05, 0) is 57.7 Å². The molecule has 1 saturated heterocycles. The molecule has 0 radical (unpaired) electrons. The van der Waals surface area contributed by atoms with E-state index in [1.54, 1.807) is 17.9 Å². The highest BCUT2D eigenvalue weighted by molar-refractivity contribution is 6.01. The maximum atomic E-state index is 12.8. The SMILES string of the molecule is CCCn1c(C)cc(/C=C(/C#N)C(=O)N2CCCC(C(C)O)C2)c1C. The lowest BCUT2D eigenvalue weighted by Gasteiger charge is -2.34. The van der Waals surface area contributed by atoms with E-state index in [1.807, 2.05) is 19.9 Å². The largest absolute Gasteiger partial charge is 0.393 e. The topological polar surface area (TPSA) is 69.3 Å². The van der Waals surface area contributed by atoms with E-state index in [-0.39, 0.29) is 17.4 Å². The lowest BCUT2D eigenvalue weighted by Crippen LogP contribution is -2.43. The summed E-state index contributed by atoms with van der Waals surface area (Å²) < 4.78 is 2.22. The van der Waals surface area contributed by atoms with E-state index < -0.39 is 6.10 Å². The van der Waals surface area contributed by atoms with Gasteiger partial charge < -0.3 is 14.6 Å². The van der Waals surface area contributed by atoms with E-state index in [4.69, 9.17) is 0 Å². The monoisotopic (exact) mass is 343 g/mol. The van der Waals surface area contributed by atoms with Gasteiger partial charge in [0.2, 0.25) is 0 Å². The highest BCUT2D eigenvalue weighted by Crippen LogP contribution is 2.23. The Morgan fingerprint density at radius 3 is 2.84 bits per heavy atom. The third-order valence-corrected chi connectivity index (χ3v) is 5.14. The summed E-state index contributed by atoms with van der Waals surface area (Å²) in [5.74, 6) is -0.139. The van der Waals surface area contributed by atoms with Crippen molar-refractivity contribution in [3.8, 4) is 6.07 Å². The summed E-state index contributed by atoms with van der Waals surface area (Å²) in [5.41, 5.74) is 3.32. The summed E-state index contributed by atoms with van der Waals surface area (Å²) in [4.78, 5) is 14.5. The van der Waals surface area contributed by atoms with Crippen LogP contribution in [0, 0.1) is 31.1 Å². The zero-order valence-electron chi connectivity index (χ0n) is 15.7. The van der Waals surface area contributed by atoms with Crippen LogP contribution in [0.2, 0.25) is 0 Å². The molecule has 1 aromatic rings. The number of aryl methyl sites for hydroxylation is 1. The second-order valence-electron chi connectivity index (χ2n) is 7.04. The van der Waals surface area contributed by atoms with E-state index in [1.165, 1.54) is 0 Å². The van der Waals surface area contributed by atoms with Gasteiger partial charge in [-0.3, -0.25) is 4.79 Å². The van der Waals surface area contributed by atoms with Gasteiger partial charge in [-0.15, -0.1) is 0 Å². The van der Waals surface area contributed by atoms with Crippen molar-refractivity contribution in [3.63, 3.8) is 0 Å². The van der Waals surface area contributed by atoms with Crippen LogP contribution < -0.4 is 0 Å². The zero-order valence-corrected chi connectivity index (χ0v) is 15.7. The zero-order chi connectivity index (χ0) is 18.6. The molecule has 5 heteroatoms. The Balaban J connectivity index is 2.24. The highest BCUT2D eigenvalue weighted by Gasteiger charge is 2.28. The maximum Gasteiger partial charge on any atom is 0.264 e. The Morgan fingerprint density at radius 1 is 1.52 bits per heavy atom. The smallest absolute Gasteiger partial charge is 0.264 e. The quantitative estimate of drug-likeness (QED) is 0.660. The fourth-order valence-electron chi connectivity index (χ4n) is 3.60. The van der Waals surface area contributed by atoms with Gasteiger partial charge >= 0.3 is 0 Å². The number of piperidine rings is 1. The molecule has 1 aromatic heterocycles. The van der Waals surface area contributed by atoms with Crippen molar-refractivity contribution in [2.45, 2.75) is 59.6 Å².